The summed E-state index contributed by atoms with van der Waals surface area (Å²) in [5.74, 6) is -0.146. The zero-order valence-corrected chi connectivity index (χ0v) is 17.4. The molecule has 0 saturated heterocycles. The second kappa shape index (κ2) is 8.82. The van der Waals surface area contributed by atoms with Crippen LogP contribution in [-0.2, 0) is 4.79 Å². The number of likely N-dealkylation sites (N-methyl/N-ethyl adjacent to an activating group) is 1. The normalized spacial score (nSPS) is 10.6. The highest BCUT2D eigenvalue weighted by molar-refractivity contribution is 6.05. The Morgan fingerprint density at radius 2 is 1.67 bits per heavy atom. The van der Waals surface area contributed by atoms with Crippen LogP contribution in [0.15, 0.2) is 54.6 Å². The third-order valence-corrected chi connectivity index (χ3v) is 4.73. The van der Waals surface area contributed by atoms with Crippen molar-refractivity contribution in [1.29, 1.82) is 0 Å². The number of carbonyl (C=O) groups excluding carboxylic acids is 2. The second-order valence-corrected chi connectivity index (χ2v) is 7.15. The van der Waals surface area contributed by atoms with Crippen LogP contribution < -0.4 is 10.1 Å². The van der Waals surface area contributed by atoms with Gasteiger partial charge in [-0.1, -0.05) is 0 Å². The van der Waals surface area contributed by atoms with Crippen molar-refractivity contribution in [2.45, 2.75) is 13.8 Å². The Kier molecular flexibility index (Phi) is 6.20. The van der Waals surface area contributed by atoms with Crippen LogP contribution in [0, 0.1) is 19.7 Å². The van der Waals surface area contributed by atoms with Crippen molar-refractivity contribution in [2.24, 2.45) is 0 Å². The van der Waals surface area contributed by atoms with E-state index in [1.165, 1.54) is 17.0 Å². The average Bonchev–Trinajstić information content (AvgIpc) is 3.02. The maximum absolute atomic E-state index is 13.2. The van der Waals surface area contributed by atoms with E-state index in [2.05, 4.69) is 5.32 Å². The minimum atomic E-state index is -0.308. The van der Waals surface area contributed by atoms with E-state index in [-0.39, 0.29) is 24.2 Å². The standard InChI is InChI=1S/C23H24FN3O3/c1-15-13-21(16(2)27(15)19-9-5-17(24)6-10-19)23(29)25-18-7-11-20(12-8-18)30-14-22(28)26(3)4/h5-13H,14H2,1-4H3,(H,25,29). The minimum Gasteiger partial charge on any atom is -0.484 e. The number of nitrogens with zero attached hydrogens (tertiary/aromatic N) is 2. The van der Waals surface area contributed by atoms with Gasteiger partial charge in [-0.05, 0) is 68.4 Å². The largest absolute Gasteiger partial charge is 0.484 e. The molecule has 0 bridgehead atoms. The van der Waals surface area contributed by atoms with Gasteiger partial charge in [-0.2, -0.15) is 0 Å². The van der Waals surface area contributed by atoms with Crippen LogP contribution in [0.4, 0.5) is 10.1 Å². The molecule has 156 valence electrons. The summed E-state index contributed by atoms with van der Waals surface area (Å²) in [5.41, 5.74) is 3.57. The first-order chi connectivity index (χ1) is 14.3. The molecule has 3 rings (SSSR count). The fraction of sp³-hybridized carbons (Fsp3) is 0.217. The van der Waals surface area contributed by atoms with Gasteiger partial charge in [-0.25, -0.2) is 4.39 Å². The molecule has 6 nitrogen and oxygen atoms in total. The maximum Gasteiger partial charge on any atom is 0.259 e. The summed E-state index contributed by atoms with van der Waals surface area (Å²) in [4.78, 5) is 25.8. The Labute approximate surface area is 174 Å². The van der Waals surface area contributed by atoms with E-state index in [9.17, 15) is 14.0 Å². The van der Waals surface area contributed by atoms with Crippen molar-refractivity contribution in [1.82, 2.24) is 9.47 Å². The summed E-state index contributed by atoms with van der Waals surface area (Å²) < 4.78 is 20.6. The van der Waals surface area contributed by atoms with Crippen molar-refractivity contribution in [2.75, 3.05) is 26.0 Å². The molecule has 0 saturated carbocycles. The zero-order chi connectivity index (χ0) is 21.8. The molecule has 0 aliphatic rings. The van der Waals surface area contributed by atoms with E-state index in [1.807, 2.05) is 18.4 Å². The molecular weight excluding hydrogens is 385 g/mol. The van der Waals surface area contributed by atoms with Crippen LogP contribution in [0.1, 0.15) is 21.7 Å². The number of carbonyl (C=O) groups is 2. The highest BCUT2D eigenvalue weighted by Gasteiger charge is 2.17. The molecule has 3 aromatic rings. The summed E-state index contributed by atoms with van der Waals surface area (Å²) in [6.07, 6.45) is 0. The fourth-order valence-electron chi connectivity index (χ4n) is 3.09. The van der Waals surface area contributed by atoms with Crippen LogP contribution >= 0.6 is 0 Å². The highest BCUT2D eigenvalue weighted by atomic mass is 19.1. The molecule has 0 unspecified atom stereocenters. The molecule has 0 fully saturated rings. The lowest BCUT2D eigenvalue weighted by Gasteiger charge is -2.12. The zero-order valence-electron chi connectivity index (χ0n) is 17.4. The Morgan fingerprint density at radius 3 is 2.27 bits per heavy atom. The Morgan fingerprint density at radius 1 is 1.03 bits per heavy atom. The monoisotopic (exact) mass is 409 g/mol. The third-order valence-electron chi connectivity index (χ3n) is 4.73. The van der Waals surface area contributed by atoms with Crippen molar-refractivity contribution in [3.8, 4) is 11.4 Å². The topological polar surface area (TPSA) is 63.6 Å². The number of benzene rings is 2. The molecule has 0 spiro atoms. The lowest BCUT2D eigenvalue weighted by atomic mass is 10.2. The SMILES string of the molecule is Cc1cc(C(=O)Nc2ccc(OCC(=O)N(C)C)cc2)c(C)n1-c1ccc(F)cc1. The number of halogens is 1. The summed E-state index contributed by atoms with van der Waals surface area (Å²) in [6.45, 7) is 3.70. The van der Waals surface area contributed by atoms with Gasteiger partial charge < -0.3 is 19.5 Å². The molecule has 2 aromatic carbocycles. The van der Waals surface area contributed by atoms with Gasteiger partial charge in [0, 0.05) is 36.9 Å². The molecule has 0 atom stereocenters. The van der Waals surface area contributed by atoms with Crippen LogP contribution in [0.3, 0.4) is 0 Å². The maximum atomic E-state index is 13.2. The van der Waals surface area contributed by atoms with E-state index in [0.717, 1.165) is 17.1 Å². The highest BCUT2D eigenvalue weighted by Crippen LogP contribution is 2.23. The molecule has 1 N–H and O–H groups in total. The van der Waals surface area contributed by atoms with Crippen molar-refractivity contribution in [3.63, 3.8) is 0 Å². The van der Waals surface area contributed by atoms with Gasteiger partial charge >= 0.3 is 0 Å². The van der Waals surface area contributed by atoms with Gasteiger partial charge in [0.05, 0.1) is 5.56 Å². The predicted octanol–water partition coefficient (Wildman–Crippen LogP) is 3.95. The van der Waals surface area contributed by atoms with Crippen molar-refractivity contribution < 1.29 is 18.7 Å². The number of aromatic nitrogens is 1. The first kappa shape index (κ1) is 21.1. The third kappa shape index (κ3) is 4.68. The van der Waals surface area contributed by atoms with Gasteiger partial charge in [0.15, 0.2) is 6.61 Å². The Hall–Kier alpha value is -3.61. The summed E-state index contributed by atoms with van der Waals surface area (Å²) >= 11 is 0. The quantitative estimate of drug-likeness (QED) is 0.671. The molecule has 0 aliphatic heterocycles. The molecule has 0 aliphatic carbocycles. The van der Waals surface area contributed by atoms with Gasteiger partial charge in [0.25, 0.3) is 11.8 Å². The minimum absolute atomic E-state index is 0.0475. The molecule has 30 heavy (non-hydrogen) atoms. The molecule has 2 amide bonds. The van der Waals surface area contributed by atoms with E-state index >= 15 is 0 Å². The van der Waals surface area contributed by atoms with Crippen LogP contribution in [-0.4, -0.2) is 42.0 Å². The number of amides is 2. The molecule has 1 aromatic heterocycles. The average molecular weight is 409 g/mol. The Bertz CT molecular complexity index is 1050. The molecule has 1 heterocycles. The van der Waals surface area contributed by atoms with E-state index in [4.69, 9.17) is 4.74 Å². The summed E-state index contributed by atoms with van der Waals surface area (Å²) in [7, 11) is 3.33. The first-order valence-corrected chi connectivity index (χ1v) is 9.45. The van der Waals surface area contributed by atoms with Gasteiger partial charge in [-0.15, -0.1) is 0 Å². The van der Waals surface area contributed by atoms with E-state index in [0.29, 0.717) is 17.0 Å². The second-order valence-electron chi connectivity index (χ2n) is 7.15. The smallest absolute Gasteiger partial charge is 0.259 e. The number of rotatable bonds is 6. The number of aryl methyl sites for hydroxylation is 1. The van der Waals surface area contributed by atoms with Gasteiger partial charge in [0.2, 0.25) is 0 Å². The van der Waals surface area contributed by atoms with Gasteiger partial charge in [-0.3, -0.25) is 9.59 Å². The van der Waals surface area contributed by atoms with Gasteiger partial charge in [0.1, 0.15) is 11.6 Å². The molecule has 7 heteroatoms. The lowest BCUT2D eigenvalue weighted by Crippen LogP contribution is -2.27. The number of hydrogen-bond acceptors (Lipinski definition) is 3. The number of nitrogens with one attached hydrogen (secondary N) is 1. The lowest BCUT2D eigenvalue weighted by molar-refractivity contribution is -0.130. The predicted molar refractivity (Wildman–Crippen MR) is 114 cm³/mol. The molecule has 0 radical (unpaired) electrons. The van der Waals surface area contributed by atoms with Crippen molar-refractivity contribution in [3.05, 3.63) is 77.4 Å². The number of hydrogen-bond donors (Lipinski definition) is 1. The van der Waals surface area contributed by atoms with Crippen LogP contribution in [0.2, 0.25) is 0 Å². The number of ether oxygens (including phenoxy) is 1. The Balaban J connectivity index is 1.71. The van der Waals surface area contributed by atoms with E-state index in [1.54, 1.807) is 56.6 Å². The van der Waals surface area contributed by atoms with Crippen molar-refractivity contribution >= 4 is 17.5 Å². The van der Waals surface area contributed by atoms with Crippen LogP contribution in [0.25, 0.3) is 5.69 Å². The van der Waals surface area contributed by atoms with Crippen LogP contribution in [0.5, 0.6) is 5.75 Å². The summed E-state index contributed by atoms with van der Waals surface area (Å²) in [6, 6.07) is 14.8. The number of anilines is 1. The van der Waals surface area contributed by atoms with E-state index < -0.39 is 0 Å². The summed E-state index contributed by atoms with van der Waals surface area (Å²) in [5, 5.41) is 2.87. The fourth-order valence-corrected chi connectivity index (χ4v) is 3.09. The molecular formula is C23H24FN3O3. The first-order valence-electron chi connectivity index (χ1n) is 9.45.